The van der Waals surface area contributed by atoms with E-state index in [2.05, 4.69) is 38.3 Å². The van der Waals surface area contributed by atoms with E-state index in [1.807, 2.05) is 0 Å². The molecule has 0 radical (unpaired) electrons. The Balaban J connectivity index is 1.79. The van der Waals surface area contributed by atoms with Gasteiger partial charge in [0, 0.05) is 32.4 Å². The first-order valence-electron chi connectivity index (χ1n) is 10.8. The van der Waals surface area contributed by atoms with Crippen molar-refractivity contribution in [2.24, 2.45) is 10.5 Å². The van der Waals surface area contributed by atoms with Gasteiger partial charge in [0.1, 0.15) is 17.9 Å². The first-order chi connectivity index (χ1) is 15.8. The van der Waals surface area contributed by atoms with Crippen LogP contribution in [0.3, 0.4) is 0 Å². The van der Waals surface area contributed by atoms with E-state index in [1.165, 1.54) is 31.5 Å². The number of aldehydes is 1. The summed E-state index contributed by atoms with van der Waals surface area (Å²) in [4.78, 5) is 25.1. The topological polar surface area (TPSA) is 122 Å². The van der Waals surface area contributed by atoms with Crippen molar-refractivity contribution in [3.05, 3.63) is 47.1 Å². The molecule has 9 nitrogen and oxygen atoms in total. The SMILES string of the molecule is CN/N=C(\C=C/C=O)CN1CCC(C)(/C(C=N)=C2\Nc3cc(F)cc(C(=O)NC)c3N2)CC1. The number of fused-ring (bicyclic) bond motifs is 1. The summed E-state index contributed by atoms with van der Waals surface area (Å²) in [5, 5.41) is 21.2. The van der Waals surface area contributed by atoms with Crippen LogP contribution >= 0.6 is 0 Å². The van der Waals surface area contributed by atoms with Gasteiger partial charge in [-0.3, -0.25) is 14.5 Å². The average molecular weight is 456 g/mol. The zero-order valence-corrected chi connectivity index (χ0v) is 19.1. The van der Waals surface area contributed by atoms with Gasteiger partial charge >= 0.3 is 0 Å². The molecule has 0 atom stereocenters. The first-order valence-corrected chi connectivity index (χ1v) is 10.8. The molecule has 2 aliphatic heterocycles. The Morgan fingerprint density at radius 2 is 2.03 bits per heavy atom. The minimum Gasteiger partial charge on any atom is -0.355 e. The Labute approximate surface area is 192 Å². The van der Waals surface area contributed by atoms with Crippen molar-refractivity contribution in [1.29, 1.82) is 5.41 Å². The highest BCUT2D eigenvalue weighted by Gasteiger charge is 2.36. The molecule has 1 aromatic rings. The molecule has 1 saturated heterocycles. The maximum atomic E-state index is 14.1. The van der Waals surface area contributed by atoms with Crippen LogP contribution in [0.15, 0.2) is 40.8 Å². The number of nitrogens with zero attached hydrogens (tertiary/aromatic N) is 2. The normalized spacial score (nSPS) is 19.3. The Morgan fingerprint density at radius 3 is 2.64 bits per heavy atom. The number of likely N-dealkylation sites (tertiary alicyclic amines) is 1. The van der Waals surface area contributed by atoms with E-state index in [4.69, 9.17) is 5.41 Å². The van der Waals surface area contributed by atoms with E-state index < -0.39 is 5.82 Å². The number of hydrazone groups is 1. The number of nitrogens with one attached hydrogen (secondary N) is 5. The number of allylic oxidation sites excluding steroid dienone is 2. The van der Waals surface area contributed by atoms with Gasteiger partial charge in [0.05, 0.1) is 22.6 Å². The van der Waals surface area contributed by atoms with Crippen LogP contribution in [0, 0.1) is 16.6 Å². The van der Waals surface area contributed by atoms with Crippen LogP contribution in [0.25, 0.3) is 0 Å². The number of carbonyl (C=O) groups excluding carboxylic acids is 2. The fraction of sp³-hybridized carbons (Fsp3) is 0.391. The molecule has 0 spiro atoms. The molecular formula is C23H30FN7O2. The maximum absolute atomic E-state index is 14.1. The number of hydrogen-bond acceptors (Lipinski definition) is 8. The third-order valence-electron chi connectivity index (χ3n) is 6.12. The molecule has 3 rings (SSSR count). The molecule has 0 bridgehead atoms. The summed E-state index contributed by atoms with van der Waals surface area (Å²) in [6.07, 6.45) is 6.75. The monoisotopic (exact) mass is 455 g/mol. The summed E-state index contributed by atoms with van der Waals surface area (Å²) in [5.74, 6) is -0.306. The molecule has 0 unspecified atom stereocenters. The van der Waals surface area contributed by atoms with Gasteiger partial charge in [-0.05, 0) is 55.6 Å². The van der Waals surface area contributed by atoms with Crippen molar-refractivity contribution in [2.45, 2.75) is 19.8 Å². The average Bonchev–Trinajstić information content (AvgIpc) is 3.21. The smallest absolute Gasteiger partial charge is 0.253 e. The quantitative estimate of drug-likeness (QED) is 0.178. The minimum absolute atomic E-state index is 0.207. The van der Waals surface area contributed by atoms with Crippen LogP contribution in [0.2, 0.25) is 0 Å². The summed E-state index contributed by atoms with van der Waals surface area (Å²) in [6.45, 7) is 4.28. The van der Waals surface area contributed by atoms with Crippen LogP contribution in [-0.4, -0.2) is 62.7 Å². The first kappa shape index (κ1) is 24.1. The molecule has 10 heteroatoms. The van der Waals surface area contributed by atoms with Crippen LogP contribution in [-0.2, 0) is 4.79 Å². The molecule has 2 heterocycles. The van der Waals surface area contributed by atoms with Crippen molar-refractivity contribution >= 4 is 35.5 Å². The van der Waals surface area contributed by atoms with Crippen molar-refractivity contribution < 1.29 is 14.0 Å². The molecule has 1 aromatic carbocycles. The van der Waals surface area contributed by atoms with Gasteiger partial charge in [0.2, 0.25) is 0 Å². The Hall–Kier alpha value is -3.53. The number of benzene rings is 1. The molecule has 0 aromatic heterocycles. The summed E-state index contributed by atoms with van der Waals surface area (Å²) in [7, 11) is 3.21. The minimum atomic E-state index is -0.513. The number of hydrogen-bond donors (Lipinski definition) is 5. The van der Waals surface area contributed by atoms with Gasteiger partial charge in [-0.25, -0.2) is 4.39 Å². The Kier molecular flexibility index (Phi) is 7.59. The highest BCUT2D eigenvalue weighted by Crippen LogP contribution is 2.42. The van der Waals surface area contributed by atoms with Crippen LogP contribution in [0.1, 0.15) is 30.1 Å². The van der Waals surface area contributed by atoms with Crippen molar-refractivity contribution in [2.75, 3.05) is 44.4 Å². The van der Waals surface area contributed by atoms with Gasteiger partial charge in [0.15, 0.2) is 0 Å². The summed E-state index contributed by atoms with van der Waals surface area (Å²) in [6, 6.07) is 2.53. The second kappa shape index (κ2) is 10.4. The molecule has 1 fully saturated rings. The van der Waals surface area contributed by atoms with E-state index in [0.717, 1.165) is 43.5 Å². The Bertz CT molecular complexity index is 1020. The molecule has 0 saturated carbocycles. The number of carbonyl (C=O) groups is 2. The van der Waals surface area contributed by atoms with E-state index in [9.17, 15) is 14.0 Å². The van der Waals surface area contributed by atoms with E-state index >= 15 is 0 Å². The number of rotatable bonds is 8. The largest absolute Gasteiger partial charge is 0.355 e. The lowest BCUT2D eigenvalue weighted by Crippen LogP contribution is -2.42. The van der Waals surface area contributed by atoms with E-state index in [1.54, 1.807) is 13.1 Å². The van der Waals surface area contributed by atoms with Gasteiger partial charge in [-0.15, -0.1) is 0 Å². The van der Waals surface area contributed by atoms with Crippen LogP contribution < -0.4 is 21.4 Å². The van der Waals surface area contributed by atoms with Gasteiger partial charge in [-0.2, -0.15) is 5.10 Å². The fourth-order valence-electron chi connectivity index (χ4n) is 4.25. The zero-order valence-electron chi connectivity index (χ0n) is 19.1. The van der Waals surface area contributed by atoms with Gasteiger partial charge in [-0.1, -0.05) is 6.92 Å². The van der Waals surface area contributed by atoms with Crippen molar-refractivity contribution in [3.63, 3.8) is 0 Å². The fourth-order valence-corrected chi connectivity index (χ4v) is 4.25. The second-order valence-electron chi connectivity index (χ2n) is 8.30. The van der Waals surface area contributed by atoms with E-state index in [0.29, 0.717) is 23.7 Å². The van der Waals surface area contributed by atoms with Gasteiger partial charge in [0.25, 0.3) is 5.91 Å². The number of amides is 1. The highest BCUT2D eigenvalue weighted by molar-refractivity contribution is 6.05. The predicted octanol–water partition coefficient (Wildman–Crippen LogP) is 2.32. The van der Waals surface area contributed by atoms with Crippen molar-refractivity contribution in [1.82, 2.24) is 15.6 Å². The molecule has 2 aliphatic rings. The maximum Gasteiger partial charge on any atom is 0.253 e. The predicted molar refractivity (Wildman–Crippen MR) is 128 cm³/mol. The highest BCUT2D eigenvalue weighted by atomic mass is 19.1. The second-order valence-corrected chi connectivity index (χ2v) is 8.30. The van der Waals surface area contributed by atoms with Crippen LogP contribution in [0.4, 0.5) is 15.8 Å². The Morgan fingerprint density at radius 1 is 1.30 bits per heavy atom. The van der Waals surface area contributed by atoms with E-state index in [-0.39, 0.29) is 16.9 Å². The molecule has 33 heavy (non-hydrogen) atoms. The third kappa shape index (κ3) is 5.28. The summed E-state index contributed by atoms with van der Waals surface area (Å²) < 4.78 is 14.1. The van der Waals surface area contributed by atoms with Gasteiger partial charge < -0.3 is 26.8 Å². The van der Waals surface area contributed by atoms with Crippen molar-refractivity contribution in [3.8, 4) is 0 Å². The number of halogens is 1. The molecule has 5 N–H and O–H groups in total. The molecule has 176 valence electrons. The lowest BCUT2D eigenvalue weighted by molar-refractivity contribution is -0.104. The standard InChI is InChI=1S/C23H30FN7O2/c1-23(6-8-31(9-7-23)14-16(30-27-3)5-4-10-32)18(13-25)21-28-19-12-15(24)11-17(20(19)29-21)22(33)26-2/h4-5,10-13,25,27-29H,6-9,14H2,1-3H3,(H,26,33)/b5-4-,21-18+,25-13?,30-16+. The summed E-state index contributed by atoms with van der Waals surface area (Å²) in [5.41, 5.74) is 5.18. The molecule has 1 amide bonds. The lowest BCUT2D eigenvalue weighted by atomic mass is 9.74. The summed E-state index contributed by atoms with van der Waals surface area (Å²) >= 11 is 0. The zero-order chi connectivity index (χ0) is 24.0. The molecule has 0 aliphatic carbocycles. The molecular weight excluding hydrogens is 425 g/mol. The lowest BCUT2D eigenvalue weighted by Gasteiger charge is -2.40. The number of piperidine rings is 1. The third-order valence-corrected chi connectivity index (χ3v) is 6.12. The number of anilines is 2. The van der Waals surface area contributed by atoms with Crippen LogP contribution in [0.5, 0.6) is 0 Å².